The van der Waals surface area contributed by atoms with Crippen molar-refractivity contribution in [2.75, 3.05) is 6.61 Å². The van der Waals surface area contributed by atoms with Crippen LogP contribution in [0.3, 0.4) is 0 Å². The van der Waals surface area contributed by atoms with E-state index in [1.807, 2.05) is 0 Å². The van der Waals surface area contributed by atoms with E-state index in [-0.39, 0.29) is 34.9 Å². The monoisotopic (exact) mass is 406 g/mol. The Labute approximate surface area is 170 Å². The van der Waals surface area contributed by atoms with Gasteiger partial charge in [0.15, 0.2) is 11.4 Å². The molecule has 0 saturated heterocycles. The van der Waals surface area contributed by atoms with Crippen molar-refractivity contribution in [1.29, 1.82) is 0 Å². The Kier molecular flexibility index (Phi) is 4.35. The summed E-state index contributed by atoms with van der Waals surface area (Å²) >= 11 is 6.65. The molecule has 0 spiro atoms. The quantitative estimate of drug-likeness (QED) is 0.649. The van der Waals surface area contributed by atoms with Crippen LogP contribution in [-0.4, -0.2) is 29.9 Å². The summed E-state index contributed by atoms with van der Waals surface area (Å²) in [5.41, 5.74) is -0.951. The maximum absolute atomic E-state index is 12.7. The molecule has 0 amide bonds. The second-order valence-corrected chi connectivity index (χ2v) is 9.77. The van der Waals surface area contributed by atoms with Crippen molar-refractivity contribution in [1.82, 2.24) is 0 Å². The van der Waals surface area contributed by atoms with Crippen LogP contribution in [0, 0.1) is 28.6 Å². The third-order valence-electron chi connectivity index (χ3n) is 8.15. The Balaban J connectivity index is 1.79. The first-order chi connectivity index (χ1) is 13.0. The van der Waals surface area contributed by atoms with Crippen LogP contribution in [0.5, 0.6) is 0 Å². The van der Waals surface area contributed by atoms with Gasteiger partial charge in [-0.25, -0.2) is 4.79 Å². The molecular formula is C22H27ClO5. The number of Topliss-reactive ketones (excluding diaryl/α,β-unsaturated/α-hetero) is 1. The molecule has 2 fully saturated rings. The van der Waals surface area contributed by atoms with Gasteiger partial charge in [0.25, 0.3) is 0 Å². The Bertz CT molecular complexity index is 829. The lowest BCUT2D eigenvalue weighted by Gasteiger charge is -2.57. The fraction of sp³-hybridized carbons (Fsp3) is 0.682. The number of halogens is 1. The summed E-state index contributed by atoms with van der Waals surface area (Å²) in [4.78, 5) is 36.4. The van der Waals surface area contributed by atoms with Gasteiger partial charge in [0, 0.05) is 28.9 Å². The molecule has 5 nitrogen and oxygen atoms in total. The van der Waals surface area contributed by atoms with Gasteiger partial charge in [-0.2, -0.15) is 0 Å². The fourth-order valence-corrected chi connectivity index (χ4v) is 7.18. The number of cyclic esters (lactones) is 1. The van der Waals surface area contributed by atoms with Gasteiger partial charge in [-0.15, -0.1) is 0 Å². The molecule has 4 aliphatic rings. The lowest BCUT2D eigenvalue weighted by molar-refractivity contribution is -0.185. The summed E-state index contributed by atoms with van der Waals surface area (Å²) in [5, 5.41) is 0.609. The summed E-state index contributed by atoms with van der Waals surface area (Å²) < 4.78 is 11.2. The number of hydrogen-bond acceptors (Lipinski definition) is 5. The number of hydrogen-bond donors (Lipinski definition) is 0. The molecule has 0 radical (unpaired) electrons. The lowest BCUT2D eigenvalue weighted by Crippen LogP contribution is -2.58. The van der Waals surface area contributed by atoms with E-state index in [1.165, 1.54) is 19.9 Å². The van der Waals surface area contributed by atoms with Crippen LogP contribution in [0.2, 0.25) is 0 Å². The van der Waals surface area contributed by atoms with Crippen molar-refractivity contribution in [2.24, 2.45) is 28.6 Å². The molecule has 0 aromatic rings. The van der Waals surface area contributed by atoms with Crippen molar-refractivity contribution in [2.45, 2.75) is 59.0 Å². The molecule has 0 aromatic heterocycles. The lowest BCUT2D eigenvalue weighted by atomic mass is 9.49. The fourth-order valence-electron chi connectivity index (χ4n) is 6.76. The smallest absolute Gasteiger partial charge is 0.331 e. The van der Waals surface area contributed by atoms with E-state index < -0.39 is 17.0 Å². The van der Waals surface area contributed by atoms with Crippen molar-refractivity contribution in [3.63, 3.8) is 0 Å². The third kappa shape index (κ3) is 2.41. The van der Waals surface area contributed by atoms with Gasteiger partial charge >= 0.3 is 11.9 Å². The van der Waals surface area contributed by atoms with E-state index in [1.54, 1.807) is 0 Å². The molecular weight excluding hydrogens is 380 g/mol. The standard InChI is InChI=1S/C22H27ClO5/c1-12(24)22(28-13(2)25)8-6-16-14-9-18(23)17-10-19(26)27-11-20(17,3)15(14)5-7-21(16,22)4/h9-10,14-16H,5-8,11H2,1-4H3/t14?,15?,16?,20?,21?,22-/m0/s1. The number of rotatable bonds is 2. The molecule has 0 aromatic carbocycles. The van der Waals surface area contributed by atoms with Gasteiger partial charge in [0.1, 0.15) is 6.61 Å². The van der Waals surface area contributed by atoms with Crippen LogP contribution in [0.25, 0.3) is 0 Å². The number of esters is 2. The number of ketones is 1. The SMILES string of the molecule is CC(=O)O[C@]1(C(C)=O)CCC2C3C=C(Cl)C4=CC(=O)OCC4(C)C3CCC21C. The van der Waals surface area contributed by atoms with Crippen LogP contribution in [0.1, 0.15) is 53.4 Å². The molecule has 6 heteroatoms. The highest BCUT2D eigenvalue weighted by molar-refractivity contribution is 6.32. The molecule has 1 aliphatic heterocycles. The number of carbonyl (C=O) groups is 3. The number of carbonyl (C=O) groups excluding carboxylic acids is 3. The highest BCUT2D eigenvalue weighted by atomic mass is 35.5. The van der Waals surface area contributed by atoms with Crippen molar-refractivity contribution >= 4 is 29.3 Å². The molecule has 4 rings (SSSR count). The Morgan fingerprint density at radius 3 is 2.50 bits per heavy atom. The van der Waals surface area contributed by atoms with Crippen LogP contribution in [-0.2, 0) is 23.9 Å². The first kappa shape index (κ1) is 19.7. The summed E-state index contributed by atoms with van der Waals surface area (Å²) in [6.07, 6.45) is 6.60. The zero-order chi connectivity index (χ0) is 20.5. The van der Waals surface area contributed by atoms with Gasteiger partial charge < -0.3 is 9.47 Å². The van der Waals surface area contributed by atoms with E-state index in [4.69, 9.17) is 21.1 Å². The predicted octanol–water partition coefficient (Wildman–Crippen LogP) is 3.95. The third-order valence-corrected chi connectivity index (χ3v) is 8.47. The van der Waals surface area contributed by atoms with Crippen LogP contribution in [0.4, 0.5) is 0 Å². The summed E-state index contributed by atoms with van der Waals surface area (Å²) in [5.74, 6) is -0.221. The number of ether oxygens (including phenoxy) is 2. The van der Waals surface area contributed by atoms with Gasteiger partial charge in [0.2, 0.25) is 0 Å². The minimum Gasteiger partial charge on any atom is -0.462 e. The Morgan fingerprint density at radius 2 is 1.86 bits per heavy atom. The average Bonchev–Trinajstić information content (AvgIpc) is 2.90. The number of allylic oxidation sites excluding steroid dienone is 2. The van der Waals surface area contributed by atoms with Crippen molar-refractivity contribution < 1.29 is 23.9 Å². The van der Waals surface area contributed by atoms with Gasteiger partial charge in [-0.05, 0) is 55.9 Å². The molecule has 28 heavy (non-hydrogen) atoms. The van der Waals surface area contributed by atoms with E-state index in [0.29, 0.717) is 18.1 Å². The Morgan fingerprint density at radius 1 is 1.18 bits per heavy atom. The van der Waals surface area contributed by atoms with E-state index >= 15 is 0 Å². The topological polar surface area (TPSA) is 69.7 Å². The highest BCUT2D eigenvalue weighted by Crippen LogP contribution is 2.67. The summed E-state index contributed by atoms with van der Waals surface area (Å²) in [7, 11) is 0. The average molecular weight is 407 g/mol. The van der Waals surface area contributed by atoms with Crippen molar-refractivity contribution in [3.05, 3.63) is 22.8 Å². The first-order valence-electron chi connectivity index (χ1n) is 10.0. The molecule has 2 saturated carbocycles. The maximum Gasteiger partial charge on any atom is 0.331 e. The van der Waals surface area contributed by atoms with Gasteiger partial charge in [-0.1, -0.05) is 31.5 Å². The zero-order valence-corrected chi connectivity index (χ0v) is 17.6. The largest absolute Gasteiger partial charge is 0.462 e. The number of fused-ring (bicyclic) bond motifs is 5. The minimum atomic E-state index is -1.06. The predicted molar refractivity (Wildman–Crippen MR) is 103 cm³/mol. The molecule has 1 heterocycles. The second-order valence-electron chi connectivity index (χ2n) is 9.36. The van der Waals surface area contributed by atoms with Gasteiger partial charge in [0.05, 0.1) is 0 Å². The van der Waals surface area contributed by atoms with E-state index in [9.17, 15) is 14.4 Å². The van der Waals surface area contributed by atoms with Crippen molar-refractivity contribution in [3.8, 4) is 0 Å². The maximum atomic E-state index is 12.7. The van der Waals surface area contributed by atoms with E-state index in [2.05, 4.69) is 19.9 Å². The summed E-state index contributed by atoms with van der Waals surface area (Å²) in [6.45, 7) is 7.46. The molecule has 0 N–H and O–H groups in total. The van der Waals surface area contributed by atoms with E-state index in [0.717, 1.165) is 24.8 Å². The highest BCUT2D eigenvalue weighted by Gasteiger charge is 2.67. The minimum absolute atomic E-state index is 0.0737. The Hall–Kier alpha value is -1.62. The molecule has 6 atom stereocenters. The molecule has 0 bridgehead atoms. The van der Waals surface area contributed by atoms with Crippen LogP contribution in [0.15, 0.2) is 22.8 Å². The summed E-state index contributed by atoms with van der Waals surface area (Å²) in [6, 6.07) is 0. The molecule has 5 unspecified atom stereocenters. The molecule has 152 valence electrons. The second kappa shape index (κ2) is 6.19. The van der Waals surface area contributed by atoms with Crippen LogP contribution < -0.4 is 0 Å². The zero-order valence-electron chi connectivity index (χ0n) is 16.8. The first-order valence-corrected chi connectivity index (χ1v) is 10.4. The van der Waals surface area contributed by atoms with Crippen LogP contribution >= 0.6 is 11.6 Å². The molecule has 3 aliphatic carbocycles. The normalized spacial score (nSPS) is 44.3. The van der Waals surface area contributed by atoms with Gasteiger partial charge in [-0.3, -0.25) is 9.59 Å².